The Morgan fingerprint density at radius 2 is 2.16 bits per heavy atom. The lowest BCUT2D eigenvalue weighted by Crippen LogP contribution is -2.43. The van der Waals surface area contributed by atoms with Gasteiger partial charge in [0.15, 0.2) is 0 Å². The molecule has 0 heterocycles. The number of carbonyl (C=O) groups is 2. The highest BCUT2D eigenvalue weighted by Crippen LogP contribution is 2.35. The van der Waals surface area contributed by atoms with Crippen LogP contribution in [-0.2, 0) is 16.0 Å². The summed E-state index contributed by atoms with van der Waals surface area (Å²) in [6.07, 6.45) is 0.735. The van der Waals surface area contributed by atoms with E-state index in [1.165, 1.54) is 25.3 Å². The van der Waals surface area contributed by atoms with Gasteiger partial charge in [-0.3, -0.25) is 4.79 Å². The average Bonchev–Trinajstić information content (AvgIpc) is 3.10. The zero-order chi connectivity index (χ0) is 14.0. The fourth-order valence-electron chi connectivity index (χ4n) is 1.89. The van der Waals surface area contributed by atoms with E-state index in [9.17, 15) is 14.0 Å². The van der Waals surface area contributed by atoms with Crippen molar-refractivity contribution in [2.24, 2.45) is 0 Å². The molecule has 0 bridgehead atoms. The largest absolute Gasteiger partial charge is 0.496 e. The number of methoxy groups -OCH3 is 1. The minimum absolute atomic E-state index is 0.115. The molecule has 1 aliphatic rings. The van der Waals surface area contributed by atoms with Crippen molar-refractivity contribution in [1.29, 1.82) is 0 Å². The second-order valence-electron chi connectivity index (χ2n) is 4.57. The molecule has 0 unspecified atom stereocenters. The second-order valence-corrected chi connectivity index (χ2v) is 4.57. The maximum atomic E-state index is 13.1. The molecule has 1 aromatic carbocycles. The van der Waals surface area contributed by atoms with Crippen LogP contribution in [-0.4, -0.2) is 29.6 Å². The Hall–Kier alpha value is -2.11. The minimum Gasteiger partial charge on any atom is -0.496 e. The van der Waals surface area contributed by atoms with E-state index in [0.29, 0.717) is 24.2 Å². The van der Waals surface area contributed by atoms with Gasteiger partial charge in [0.1, 0.15) is 17.1 Å². The van der Waals surface area contributed by atoms with Crippen LogP contribution in [0.1, 0.15) is 18.4 Å². The van der Waals surface area contributed by atoms with Gasteiger partial charge in [-0.25, -0.2) is 9.18 Å². The third-order valence-corrected chi connectivity index (χ3v) is 3.13. The zero-order valence-corrected chi connectivity index (χ0v) is 10.4. The van der Waals surface area contributed by atoms with E-state index in [4.69, 9.17) is 9.84 Å². The van der Waals surface area contributed by atoms with Crippen LogP contribution in [0.5, 0.6) is 5.75 Å². The number of carboxylic acid groups (broad SMARTS) is 1. The number of hydrogen-bond acceptors (Lipinski definition) is 3. The number of amides is 1. The highest BCUT2D eigenvalue weighted by Gasteiger charge is 2.51. The highest BCUT2D eigenvalue weighted by atomic mass is 19.1. The summed E-state index contributed by atoms with van der Waals surface area (Å²) < 4.78 is 18.2. The number of nitrogens with one attached hydrogen (secondary N) is 1. The number of rotatable bonds is 5. The third-order valence-electron chi connectivity index (χ3n) is 3.13. The number of carbonyl (C=O) groups excluding carboxylic acids is 1. The Bertz CT molecular complexity index is 525. The van der Waals surface area contributed by atoms with Gasteiger partial charge in [0, 0.05) is 5.56 Å². The van der Waals surface area contributed by atoms with Crippen LogP contribution in [0.25, 0.3) is 0 Å². The summed E-state index contributed by atoms with van der Waals surface area (Å²) in [7, 11) is 1.42. The molecule has 102 valence electrons. The molecule has 1 amide bonds. The Balaban J connectivity index is 2.07. The molecule has 6 heteroatoms. The van der Waals surface area contributed by atoms with E-state index in [-0.39, 0.29) is 6.42 Å². The van der Waals surface area contributed by atoms with Gasteiger partial charge in [-0.1, -0.05) is 0 Å². The fourth-order valence-corrected chi connectivity index (χ4v) is 1.89. The summed E-state index contributed by atoms with van der Waals surface area (Å²) >= 11 is 0. The molecule has 0 saturated heterocycles. The van der Waals surface area contributed by atoms with E-state index in [0.717, 1.165) is 0 Å². The van der Waals surface area contributed by atoms with Crippen LogP contribution in [0, 0.1) is 5.82 Å². The molecule has 1 fully saturated rings. The van der Waals surface area contributed by atoms with Crippen LogP contribution in [0.3, 0.4) is 0 Å². The van der Waals surface area contributed by atoms with Crippen LogP contribution >= 0.6 is 0 Å². The van der Waals surface area contributed by atoms with Crippen molar-refractivity contribution in [3.8, 4) is 5.75 Å². The molecule has 0 aromatic heterocycles. The molecule has 0 radical (unpaired) electrons. The van der Waals surface area contributed by atoms with Gasteiger partial charge in [-0.05, 0) is 31.0 Å². The fraction of sp³-hybridized carbons (Fsp3) is 0.385. The maximum Gasteiger partial charge on any atom is 0.329 e. The lowest BCUT2D eigenvalue weighted by molar-refractivity contribution is -0.143. The van der Waals surface area contributed by atoms with Crippen molar-refractivity contribution >= 4 is 11.9 Å². The Labute approximate surface area is 109 Å². The van der Waals surface area contributed by atoms with Gasteiger partial charge in [0.25, 0.3) is 0 Å². The first-order valence-electron chi connectivity index (χ1n) is 5.84. The lowest BCUT2D eigenvalue weighted by Gasteiger charge is -2.13. The number of carboxylic acids is 1. The third kappa shape index (κ3) is 2.83. The molecule has 5 nitrogen and oxygen atoms in total. The number of hydrogen-bond donors (Lipinski definition) is 2. The monoisotopic (exact) mass is 267 g/mol. The summed E-state index contributed by atoms with van der Waals surface area (Å²) in [5.74, 6) is -1.56. The number of benzene rings is 1. The van der Waals surface area contributed by atoms with E-state index in [1.54, 1.807) is 0 Å². The molecule has 1 saturated carbocycles. The molecule has 2 rings (SSSR count). The van der Waals surface area contributed by atoms with Gasteiger partial charge >= 0.3 is 5.97 Å². The molecule has 2 N–H and O–H groups in total. The van der Waals surface area contributed by atoms with Crippen molar-refractivity contribution < 1.29 is 23.8 Å². The Morgan fingerprint density at radius 1 is 1.47 bits per heavy atom. The topological polar surface area (TPSA) is 75.6 Å². The Morgan fingerprint density at radius 3 is 2.68 bits per heavy atom. The van der Waals surface area contributed by atoms with Crippen LogP contribution in [0.2, 0.25) is 0 Å². The minimum atomic E-state index is -1.13. The predicted octanol–water partition coefficient (Wildman–Crippen LogP) is 1.11. The van der Waals surface area contributed by atoms with Gasteiger partial charge in [-0.15, -0.1) is 0 Å². The van der Waals surface area contributed by atoms with E-state index in [2.05, 4.69) is 5.32 Å². The van der Waals surface area contributed by atoms with Crippen LogP contribution in [0.15, 0.2) is 18.2 Å². The standard InChI is InChI=1S/C13H14FNO4/c1-19-10-3-2-9(14)6-8(10)7-11(16)15-13(4-5-13)12(17)18/h2-3,6H,4-5,7H2,1H3,(H,15,16)(H,17,18). The van der Waals surface area contributed by atoms with Crippen molar-refractivity contribution in [3.05, 3.63) is 29.6 Å². The van der Waals surface area contributed by atoms with Gasteiger partial charge < -0.3 is 15.2 Å². The summed E-state index contributed by atoms with van der Waals surface area (Å²) in [5.41, 5.74) is -0.737. The number of halogens is 1. The predicted molar refractivity (Wildman–Crippen MR) is 64.4 cm³/mol. The van der Waals surface area contributed by atoms with Crippen molar-refractivity contribution in [3.63, 3.8) is 0 Å². The smallest absolute Gasteiger partial charge is 0.329 e. The van der Waals surface area contributed by atoms with Gasteiger partial charge in [0.2, 0.25) is 5.91 Å². The molecule has 1 aromatic rings. The van der Waals surface area contributed by atoms with E-state index < -0.39 is 23.2 Å². The molecule has 19 heavy (non-hydrogen) atoms. The molecular formula is C13H14FNO4. The maximum absolute atomic E-state index is 13.1. The summed E-state index contributed by atoms with van der Waals surface area (Å²) in [6.45, 7) is 0. The highest BCUT2D eigenvalue weighted by molar-refractivity contribution is 5.90. The van der Waals surface area contributed by atoms with Crippen molar-refractivity contribution in [2.45, 2.75) is 24.8 Å². The van der Waals surface area contributed by atoms with E-state index in [1.807, 2.05) is 0 Å². The van der Waals surface area contributed by atoms with Gasteiger partial charge in [0.05, 0.1) is 13.5 Å². The first-order chi connectivity index (χ1) is 8.97. The zero-order valence-electron chi connectivity index (χ0n) is 10.4. The lowest BCUT2D eigenvalue weighted by atomic mass is 10.1. The Kier molecular flexibility index (Phi) is 3.42. The first-order valence-corrected chi connectivity index (χ1v) is 5.84. The molecular weight excluding hydrogens is 253 g/mol. The summed E-state index contributed by atoms with van der Waals surface area (Å²) in [6, 6.07) is 3.88. The van der Waals surface area contributed by atoms with Crippen molar-refractivity contribution in [1.82, 2.24) is 5.32 Å². The number of aliphatic carboxylic acids is 1. The summed E-state index contributed by atoms with van der Waals surface area (Å²) in [5, 5.41) is 11.4. The van der Waals surface area contributed by atoms with E-state index >= 15 is 0 Å². The quantitative estimate of drug-likeness (QED) is 0.838. The second kappa shape index (κ2) is 4.87. The molecule has 0 spiro atoms. The van der Waals surface area contributed by atoms with Crippen LogP contribution < -0.4 is 10.1 Å². The number of ether oxygens (including phenoxy) is 1. The average molecular weight is 267 g/mol. The normalized spacial score (nSPS) is 15.7. The summed E-state index contributed by atoms with van der Waals surface area (Å²) in [4.78, 5) is 22.7. The molecule has 0 atom stereocenters. The first kappa shape index (κ1) is 13.3. The molecule has 0 aliphatic heterocycles. The van der Waals surface area contributed by atoms with Crippen molar-refractivity contribution in [2.75, 3.05) is 7.11 Å². The van der Waals surface area contributed by atoms with Gasteiger partial charge in [-0.2, -0.15) is 0 Å². The SMILES string of the molecule is COc1ccc(F)cc1CC(=O)NC1(C(=O)O)CC1. The molecule has 1 aliphatic carbocycles. The van der Waals surface area contributed by atoms with Crippen LogP contribution in [0.4, 0.5) is 4.39 Å².